The number of pyridine rings is 1. The average Bonchev–Trinajstić information content (AvgIpc) is 2.96. The van der Waals surface area contributed by atoms with E-state index in [9.17, 15) is 4.79 Å². The number of hydrogen-bond donors (Lipinski definition) is 2. The first-order valence-electron chi connectivity index (χ1n) is 12.5. The Bertz CT molecular complexity index is 1500. The number of aromatic nitrogens is 1. The second-order valence-corrected chi connectivity index (χ2v) is 9.07. The van der Waals surface area contributed by atoms with Crippen molar-refractivity contribution in [1.29, 1.82) is 0 Å². The van der Waals surface area contributed by atoms with Crippen molar-refractivity contribution in [3.63, 3.8) is 0 Å². The van der Waals surface area contributed by atoms with E-state index in [0.29, 0.717) is 34.2 Å². The summed E-state index contributed by atoms with van der Waals surface area (Å²) in [6.45, 7) is 0. The van der Waals surface area contributed by atoms with Crippen LogP contribution in [-0.2, 0) is 12.8 Å². The number of hydrogen-bond acceptors (Lipinski definition) is 7. The number of aryl methyl sites for hydroxylation is 1. The van der Waals surface area contributed by atoms with E-state index in [0.717, 1.165) is 53.7 Å². The molecule has 1 aliphatic carbocycles. The van der Waals surface area contributed by atoms with Gasteiger partial charge in [-0.3, -0.25) is 9.78 Å². The number of fused-ring (bicyclic) bond motifs is 2. The molecule has 8 nitrogen and oxygen atoms in total. The van der Waals surface area contributed by atoms with E-state index >= 15 is 0 Å². The molecule has 5 rings (SSSR count). The fraction of sp³-hybridized carbons (Fsp3) is 0.267. The highest BCUT2D eigenvalue weighted by Crippen LogP contribution is 2.38. The maximum absolute atomic E-state index is 13.1. The summed E-state index contributed by atoms with van der Waals surface area (Å²) in [4.78, 5) is 18.1. The lowest BCUT2D eigenvalue weighted by Gasteiger charge is -2.22. The Balaban J connectivity index is 1.53. The van der Waals surface area contributed by atoms with Gasteiger partial charge in [-0.15, -0.1) is 0 Å². The van der Waals surface area contributed by atoms with Gasteiger partial charge in [0.15, 0.2) is 23.0 Å². The number of nitrogens with one attached hydrogen (secondary N) is 2. The summed E-state index contributed by atoms with van der Waals surface area (Å²) < 4.78 is 21.5. The van der Waals surface area contributed by atoms with Crippen molar-refractivity contribution in [1.82, 2.24) is 4.98 Å². The predicted octanol–water partition coefficient (Wildman–Crippen LogP) is 6.14. The van der Waals surface area contributed by atoms with Crippen LogP contribution in [-0.4, -0.2) is 39.3 Å². The van der Waals surface area contributed by atoms with Gasteiger partial charge in [-0.25, -0.2) is 0 Å². The maximum atomic E-state index is 13.1. The highest BCUT2D eigenvalue weighted by Gasteiger charge is 2.20. The minimum atomic E-state index is -0.245. The van der Waals surface area contributed by atoms with Gasteiger partial charge in [0.2, 0.25) is 0 Å². The first-order chi connectivity index (χ1) is 18.5. The summed E-state index contributed by atoms with van der Waals surface area (Å²) in [6, 6.07) is 16.7. The number of ether oxygens (including phenoxy) is 4. The monoisotopic (exact) mass is 513 g/mol. The second kappa shape index (κ2) is 10.9. The van der Waals surface area contributed by atoms with Gasteiger partial charge in [0.05, 0.1) is 39.6 Å². The largest absolute Gasteiger partial charge is 0.493 e. The first kappa shape index (κ1) is 25.2. The Hall–Kier alpha value is -4.46. The third kappa shape index (κ3) is 4.89. The van der Waals surface area contributed by atoms with Crippen molar-refractivity contribution in [2.75, 3.05) is 39.1 Å². The van der Waals surface area contributed by atoms with Crippen LogP contribution in [0.5, 0.6) is 23.0 Å². The molecule has 0 aliphatic heterocycles. The molecule has 0 saturated carbocycles. The summed E-state index contributed by atoms with van der Waals surface area (Å²) in [5, 5.41) is 7.57. The highest BCUT2D eigenvalue weighted by molar-refractivity contribution is 6.06. The Morgan fingerprint density at radius 2 is 1.39 bits per heavy atom. The molecule has 0 bridgehead atoms. The molecule has 0 unspecified atom stereocenters. The van der Waals surface area contributed by atoms with Gasteiger partial charge in [-0.2, -0.15) is 0 Å². The van der Waals surface area contributed by atoms with E-state index < -0.39 is 0 Å². The van der Waals surface area contributed by atoms with Gasteiger partial charge in [0.1, 0.15) is 0 Å². The molecule has 8 heteroatoms. The van der Waals surface area contributed by atoms with Gasteiger partial charge in [0, 0.05) is 34.1 Å². The van der Waals surface area contributed by atoms with Gasteiger partial charge in [-0.05, 0) is 79.8 Å². The van der Waals surface area contributed by atoms with E-state index in [4.69, 9.17) is 23.9 Å². The van der Waals surface area contributed by atoms with E-state index in [1.54, 1.807) is 46.6 Å². The standard InChI is InChI=1S/C30H31N3O5/c1-35-25-13-9-18(15-27(25)37-3)30(34)32-19-10-12-24-22(16-19)29(21-7-5-6-8-23(21)33-24)31-20-11-14-26(36-2)28(17-20)38-4/h9-17H,5-8H2,1-4H3,(H,31,33)(H,32,34). The van der Waals surface area contributed by atoms with Crippen molar-refractivity contribution in [3.05, 3.63) is 71.4 Å². The van der Waals surface area contributed by atoms with Gasteiger partial charge in [-0.1, -0.05) is 0 Å². The number of carbonyl (C=O) groups is 1. The van der Waals surface area contributed by atoms with Crippen LogP contribution in [0.15, 0.2) is 54.6 Å². The fourth-order valence-electron chi connectivity index (χ4n) is 4.88. The Kier molecular flexibility index (Phi) is 7.22. The maximum Gasteiger partial charge on any atom is 0.255 e. The fourth-order valence-corrected chi connectivity index (χ4v) is 4.88. The molecule has 0 saturated heterocycles. The molecule has 1 aliphatic rings. The molecule has 38 heavy (non-hydrogen) atoms. The molecule has 3 aromatic carbocycles. The zero-order valence-corrected chi connectivity index (χ0v) is 22.0. The molecule has 0 radical (unpaired) electrons. The van der Waals surface area contributed by atoms with Gasteiger partial charge >= 0.3 is 0 Å². The molecule has 0 fully saturated rings. The van der Waals surface area contributed by atoms with Crippen LogP contribution in [0.1, 0.15) is 34.5 Å². The molecular weight excluding hydrogens is 482 g/mol. The SMILES string of the molecule is COc1ccc(Nc2c3c(nc4ccc(NC(=O)c5ccc(OC)c(OC)c5)cc24)CCCC3)cc1OC. The van der Waals surface area contributed by atoms with Crippen LogP contribution in [0.25, 0.3) is 10.9 Å². The summed E-state index contributed by atoms with van der Waals surface area (Å²) >= 11 is 0. The molecule has 2 N–H and O–H groups in total. The third-order valence-electron chi connectivity index (χ3n) is 6.82. The number of benzene rings is 3. The molecular formula is C30H31N3O5. The van der Waals surface area contributed by atoms with Crippen molar-refractivity contribution in [2.24, 2.45) is 0 Å². The first-order valence-corrected chi connectivity index (χ1v) is 12.5. The number of methoxy groups -OCH3 is 4. The zero-order chi connectivity index (χ0) is 26.6. The second-order valence-electron chi connectivity index (χ2n) is 9.07. The number of anilines is 3. The predicted molar refractivity (Wildman–Crippen MR) is 149 cm³/mol. The van der Waals surface area contributed by atoms with E-state index in [2.05, 4.69) is 10.6 Å². The Morgan fingerprint density at radius 1 is 0.737 bits per heavy atom. The number of amides is 1. The summed E-state index contributed by atoms with van der Waals surface area (Å²) in [5.74, 6) is 2.13. The molecule has 4 aromatic rings. The van der Waals surface area contributed by atoms with Crippen molar-refractivity contribution in [2.45, 2.75) is 25.7 Å². The zero-order valence-electron chi connectivity index (χ0n) is 22.0. The van der Waals surface area contributed by atoms with Crippen LogP contribution >= 0.6 is 0 Å². The summed E-state index contributed by atoms with van der Waals surface area (Å²) in [5.41, 5.74) is 6.22. The van der Waals surface area contributed by atoms with E-state index in [1.165, 1.54) is 5.56 Å². The summed E-state index contributed by atoms with van der Waals surface area (Å²) in [6.07, 6.45) is 4.12. The lowest BCUT2D eigenvalue weighted by Crippen LogP contribution is -2.13. The summed E-state index contributed by atoms with van der Waals surface area (Å²) in [7, 11) is 6.35. The average molecular weight is 514 g/mol. The number of carbonyl (C=O) groups excluding carboxylic acids is 1. The lowest BCUT2D eigenvalue weighted by molar-refractivity contribution is 0.102. The lowest BCUT2D eigenvalue weighted by atomic mass is 9.92. The smallest absolute Gasteiger partial charge is 0.255 e. The minimum absolute atomic E-state index is 0.245. The molecule has 196 valence electrons. The Morgan fingerprint density at radius 3 is 2.13 bits per heavy atom. The highest BCUT2D eigenvalue weighted by atomic mass is 16.5. The van der Waals surface area contributed by atoms with E-state index in [1.807, 2.05) is 36.4 Å². The van der Waals surface area contributed by atoms with Crippen LogP contribution in [0.3, 0.4) is 0 Å². The van der Waals surface area contributed by atoms with Crippen molar-refractivity contribution < 1.29 is 23.7 Å². The van der Waals surface area contributed by atoms with Crippen LogP contribution < -0.4 is 29.6 Å². The number of nitrogens with zero attached hydrogens (tertiary/aromatic N) is 1. The topological polar surface area (TPSA) is 90.9 Å². The van der Waals surface area contributed by atoms with Gasteiger partial charge in [0.25, 0.3) is 5.91 Å². The molecule has 1 aromatic heterocycles. The third-order valence-corrected chi connectivity index (χ3v) is 6.82. The molecule has 1 amide bonds. The van der Waals surface area contributed by atoms with Crippen molar-refractivity contribution in [3.8, 4) is 23.0 Å². The van der Waals surface area contributed by atoms with Crippen LogP contribution in [0, 0.1) is 0 Å². The van der Waals surface area contributed by atoms with Crippen LogP contribution in [0.4, 0.5) is 17.1 Å². The number of rotatable bonds is 8. The molecule has 0 spiro atoms. The Labute approximate surface area is 221 Å². The minimum Gasteiger partial charge on any atom is -0.493 e. The molecule has 0 atom stereocenters. The quantitative estimate of drug-likeness (QED) is 0.292. The van der Waals surface area contributed by atoms with Gasteiger partial charge < -0.3 is 29.6 Å². The van der Waals surface area contributed by atoms with E-state index in [-0.39, 0.29) is 5.91 Å². The van der Waals surface area contributed by atoms with Crippen molar-refractivity contribution >= 4 is 33.9 Å². The van der Waals surface area contributed by atoms with Crippen LogP contribution in [0.2, 0.25) is 0 Å². The molecule has 1 heterocycles. The normalized spacial score (nSPS) is 12.4.